The van der Waals surface area contributed by atoms with Crippen molar-refractivity contribution < 1.29 is 12.6 Å². The lowest BCUT2D eigenvalue weighted by Crippen LogP contribution is -2.19. The molecule has 4 nitrogen and oxygen atoms in total. The average Bonchev–Trinajstić information content (AvgIpc) is 1.93. The van der Waals surface area contributed by atoms with Crippen LogP contribution in [0.5, 0.6) is 0 Å². The van der Waals surface area contributed by atoms with Crippen LogP contribution in [0, 0.1) is 0 Å². The van der Waals surface area contributed by atoms with Gasteiger partial charge in [0.1, 0.15) is 20.8 Å². The minimum atomic E-state index is -2.95. The second kappa shape index (κ2) is 5.02. The van der Waals surface area contributed by atoms with Gasteiger partial charge < -0.3 is 0 Å². The Bertz CT molecular complexity index is 325. The van der Waals surface area contributed by atoms with Crippen LogP contribution in [0.4, 0.5) is 0 Å². The third-order valence-electron chi connectivity index (χ3n) is 1.31. The smallest absolute Gasteiger partial charge is 0.147 e. The van der Waals surface area contributed by atoms with Crippen molar-refractivity contribution in [2.75, 3.05) is 12.0 Å². The van der Waals surface area contributed by atoms with E-state index in [1.165, 1.54) is 12.5 Å². The highest BCUT2D eigenvalue weighted by Gasteiger charge is 2.17. The van der Waals surface area contributed by atoms with Gasteiger partial charge in [-0.3, -0.25) is 0 Å². The molecule has 84 valence electrons. The van der Waals surface area contributed by atoms with Crippen molar-refractivity contribution in [3.8, 4) is 0 Å². The molecule has 0 amide bonds. The van der Waals surface area contributed by atoms with Gasteiger partial charge in [-0.2, -0.15) is 4.40 Å². The summed E-state index contributed by atoms with van der Waals surface area (Å²) >= 11 is 0. The first kappa shape index (κ1) is 13.8. The van der Waals surface area contributed by atoms with Gasteiger partial charge in [-0.05, 0) is 27.2 Å². The maximum absolute atomic E-state index is 11.4. The molecule has 0 aromatic rings. The minimum absolute atomic E-state index is 0.0534. The van der Waals surface area contributed by atoms with Crippen LogP contribution in [0.25, 0.3) is 0 Å². The van der Waals surface area contributed by atoms with Crippen LogP contribution < -0.4 is 0 Å². The molecule has 6 heteroatoms. The molecule has 0 rings (SSSR count). The molecule has 0 unspecified atom stereocenters. The quantitative estimate of drug-likeness (QED) is 0.686. The molecule has 0 radical (unpaired) electrons. The van der Waals surface area contributed by atoms with Gasteiger partial charge in [-0.25, -0.2) is 12.6 Å². The number of hydrogen-bond donors (Lipinski definition) is 0. The van der Waals surface area contributed by atoms with E-state index < -0.39 is 20.8 Å². The second-order valence-electron chi connectivity index (χ2n) is 4.07. The van der Waals surface area contributed by atoms with E-state index in [9.17, 15) is 12.6 Å². The molecular weight excluding hydrogens is 222 g/mol. The van der Waals surface area contributed by atoms with Gasteiger partial charge in [0, 0.05) is 12.5 Å². The number of rotatable bonds is 4. The van der Waals surface area contributed by atoms with E-state index >= 15 is 0 Å². The number of nitrogens with zero attached hydrogens (tertiary/aromatic N) is 1. The van der Waals surface area contributed by atoms with Gasteiger partial charge in [0.25, 0.3) is 0 Å². The maximum atomic E-state index is 11.4. The zero-order valence-electron chi connectivity index (χ0n) is 8.98. The molecule has 0 spiro atoms. The Labute approximate surface area is 88.3 Å². The van der Waals surface area contributed by atoms with E-state index in [-0.39, 0.29) is 10.5 Å². The molecule has 0 aliphatic heterocycles. The van der Waals surface area contributed by atoms with Crippen molar-refractivity contribution >= 4 is 27.0 Å². The van der Waals surface area contributed by atoms with E-state index in [4.69, 9.17) is 0 Å². The van der Waals surface area contributed by atoms with Crippen LogP contribution in [-0.4, -0.2) is 35.6 Å². The summed E-state index contributed by atoms with van der Waals surface area (Å²) in [6, 6.07) is 0. The molecule has 0 bridgehead atoms. The lowest BCUT2D eigenvalue weighted by molar-refractivity contribution is 0.602. The standard InChI is InChI=1S/C8H17NO3S2/c1-8(2,3)13(10)9-6-5-7-14(4,11)12/h6H,5,7H2,1-4H3/b9-6+/t13-/m0/s1. The highest BCUT2D eigenvalue weighted by Crippen LogP contribution is 2.11. The monoisotopic (exact) mass is 239 g/mol. The first-order valence-electron chi connectivity index (χ1n) is 4.25. The number of hydrogen-bond acceptors (Lipinski definition) is 3. The zero-order valence-corrected chi connectivity index (χ0v) is 10.6. The Morgan fingerprint density at radius 2 is 1.86 bits per heavy atom. The molecule has 0 saturated heterocycles. The molecule has 0 aliphatic rings. The van der Waals surface area contributed by atoms with Gasteiger partial charge in [0.2, 0.25) is 0 Å². The Morgan fingerprint density at radius 1 is 1.36 bits per heavy atom. The van der Waals surface area contributed by atoms with E-state index in [0.717, 1.165) is 0 Å². The number of sulfone groups is 1. The third-order valence-corrected chi connectivity index (χ3v) is 3.68. The SMILES string of the molecule is CC(C)(C)[S@](=O)/N=C/CCS(C)(=O)=O. The summed E-state index contributed by atoms with van der Waals surface area (Å²) in [7, 11) is -4.24. The Hall–Kier alpha value is -0.230. The minimum Gasteiger partial charge on any atom is -0.234 e. The summed E-state index contributed by atoms with van der Waals surface area (Å²) < 4.78 is 36.2. The fourth-order valence-corrected chi connectivity index (χ4v) is 1.64. The molecule has 0 saturated carbocycles. The topological polar surface area (TPSA) is 63.6 Å². The molecule has 0 fully saturated rings. The first-order valence-corrected chi connectivity index (χ1v) is 7.42. The van der Waals surface area contributed by atoms with E-state index in [0.29, 0.717) is 6.42 Å². The van der Waals surface area contributed by atoms with Crippen molar-refractivity contribution in [1.82, 2.24) is 0 Å². The van der Waals surface area contributed by atoms with Crippen LogP contribution in [0.1, 0.15) is 27.2 Å². The highest BCUT2D eigenvalue weighted by atomic mass is 32.2. The first-order chi connectivity index (χ1) is 6.13. The lowest BCUT2D eigenvalue weighted by atomic mass is 10.3. The molecule has 0 heterocycles. The summed E-state index contributed by atoms with van der Waals surface area (Å²) in [5, 5.41) is 0. The van der Waals surface area contributed by atoms with Crippen LogP contribution in [0.3, 0.4) is 0 Å². The van der Waals surface area contributed by atoms with Crippen molar-refractivity contribution in [3.63, 3.8) is 0 Å². The van der Waals surface area contributed by atoms with Crippen LogP contribution in [-0.2, 0) is 20.8 Å². The molecule has 0 N–H and O–H groups in total. The van der Waals surface area contributed by atoms with Crippen molar-refractivity contribution in [2.24, 2.45) is 4.40 Å². The summed E-state index contributed by atoms with van der Waals surface area (Å²) in [4.78, 5) is 0. The largest absolute Gasteiger partial charge is 0.234 e. The molecule has 0 aromatic heterocycles. The molecular formula is C8H17NO3S2. The normalized spacial score (nSPS) is 16.0. The van der Waals surface area contributed by atoms with E-state index in [1.807, 2.05) is 20.8 Å². The highest BCUT2D eigenvalue weighted by molar-refractivity contribution is 7.90. The summed E-state index contributed by atoms with van der Waals surface area (Å²) in [5.41, 5.74) is 0. The molecule has 14 heavy (non-hydrogen) atoms. The van der Waals surface area contributed by atoms with Crippen molar-refractivity contribution in [3.05, 3.63) is 0 Å². The zero-order chi connectivity index (χ0) is 11.4. The Kier molecular flexibility index (Phi) is 4.94. The molecule has 0 aromatic carbocycles. The average molecular weight is 239 g/mol. The fourth-order valence-electron chi connectivity index (χ4n) is 0.545. The van der Waals surface area contributed by atoms with Crippen LogP contribution in [0.15, 0.2) is 4.40 Å². The predicted molar refractivity (Wildman–Crippen MR) is 60.7 cm³/mol. The summed E-state index contributed by atoms with van der Waals surface area (Å²) in [6.07, 6.45) is 2.91. The van der Waals surface area contributed by atoms with Gasteiger partial charge >= 0.3 is 0 Å². The predicted octanol–water partition coefficient (Wildman–Crippen LogP) is 0.954. The molecule has 0 aliphatic carbocycles. The van der Waals surface area contributed by atoms with Crippen molar-refractivity contribution in [2.45, 2.75) is 31.9 Å². The Balaban J connectivity index is 4.04. The van der Waals surface area contributed by atoms with Gasteiger partial charge in [0.05, 0.1) is 10.5 Å². The van der Waals surface area contributed by atoms with Crippen molar-refractivity contribution in [1.29, 1.82) is 0 Å². The van der Waals surface area contributed by atoms with Gasteiger partial charge in [-0.15, -0.1) is 0 Å². The maximum Gasteiger partial charge on any atom is 0.147 e. The fraction of sp³-hybridized carbons (Fsp3) is 0.875. The molecule has 1 atom stereocenters. The van der Waals surface area contributed by atoms with E-state index in [2.05, 4.69) is 4.40 Å². The van der Waals surface area contributed by atoms with Crippen LogP contribution in [0.2, 0.25) is 0 Å². The third kappa shape index (κ3) is 7.20. The van der Waals surface area contributed by atoms with Crippen LogP contribution >= 0.6 is 0 Å². The summed E-state index contributed by atoms with van der Waals surface area (Å²) in [6.45, 7) is 5.45. The lowest BCUT2D eigenvalue weighted by Gasteiger charge is -2.12. The second-order valence-corrected chi connectivity index (χ2v) is 8.26. The summed E-state index contributed by atoms with van der Waals surface area (Å²) in [5.74, 6) is 0.0534. The van der Waals surface area contributed by atoms with Gasteiger partial charge in [-0.1, -0.05) is 0 Å². The van der Waals surface area contributed by atoms with Gasteiger partial charge in [0.15, 0.2) is 0 Å². The Morgan fingerprint density at radius 3 is 2.21 bits per heavy atom. The van der Waals surface area contributed by atoms with E-state index in [1.54, 1.807) is 0 Å².